The second-order valence-electron chi connectivity index (χ2n) is 12.2. The lowest BCUT2D eigenvalue weighted by molar-refractivity contribution is -0.131. The summed E-state index contributed by atoms with van der Waals surface area (Å²) in [6.45, 7) is 10.4. The number of fused-ring (bicyclic) bond motifs is 5. The summed E-state index contributed by atoms with van der Waals surface area (Å²) in [5, 5.41) is 11.0. The van der Waals surface area contributed by atoms with Gasteiger partial charge in [0.2, 0.25) is 5.91 Å². The molecule has 0 radical (unpaired) electrons. The number of hydrogen-bond acceptors (Lipinski definition) is 6. The third-order valence-corrected chi connectivity index (χ3v) is 9.58. The number of halogens is 3. The molecule has 10 nitrogen and oxygen atoms in total. The van der Waals surface area contributed by atoms with Crippen molar-refractivity contribution < 1.29 is 40.5 Å². The number of hydrogen-bond donors (Lipinski definition) is 3. The van der Waals surface area contributed by atoms with E-state index in [1.165, 1.54) is 12.5 Å². The van der Waals surface area contributed by atoms with E-state index in [1.54, 1.807) is 17.2 Å². The predicted molar refractivity (Wildman–Crippen MR) is 176 cm³/mol. The van der Waals surface area contributed by atoms with Crippen LogP contribution in [0.4, 0.5) is 18.0 Å². The summed E-state index contributed by atoms with van der Waals surface area (Å²) >= 11 is 0. The van der Waals surface area contributed by atoms with Crippen LogP contribution < -0.4 is 9.50 Å². The Hall–Kier alpha value is -4.07. The summed E-state index contributed by atoms with van der Waals surface area (Å²) in [6.07, 6.45) is 4.73. The van der Waals surface area contributed by atoms with Gasteiger partial charge in [0.05, 0.1) is 17.9 Å². The molecule has 2 amide bonds. The van der Waals surface area contributed by atoms with E-state index in [2.05, 4.69) is 33.3 Å². The van der Waals surface area contributed by atoms with Crippen molar-refractivity contribution in [2.45, 2.75) is 90.1 Å². The molecular weight excluding hydrogens is 649 g/mol. The zero-order chi connectivity index (χ0) is 35.4. The van der Waals surface area contributed by atoms with Gasteiger partial charge in [-0.1, -0.05) is 71.4 Å². The number of alkyl halides is 3. The summed E-state index contributed by atoms with van der Waals surface area (Å²) in [5.74, 6) is 0.308. The molecule has 1 saturated heterocycles. The Morgan fingerprint density at radius 2 is 1.62 bits per heavy atom. The van der Waals surface area contributed by atoms with Gasteiger partial charge in [-0.25, -0.2) is 9.78 Å². The molecule has 4 atom stereocenters. The van der Waals surface area contributed by atoms with Crippen LogP contribution in [0.5, 0.6) is 5.75 Å². The van der Waals surface area contributed by atoms with Gasteiger partial charge < -0.3 is 24.5 Å². The van der Waals surface area contributed by atoms with Crippen LogP contribution >= 0.6 is 0 Å². The van der Waals surface area contributed by atoms with Crippen LogP contribution in [-0.4, -0.2) is 59.0 Å². The molecule has 262 valence electrons. The van der Waals surface area contributed by atoms with E-state index in [-0.39, 0.29) is 42.0 Å². The van der Waals surface area contributed by atoms with Crippen molar-refractivity contribution in [2.75, 3.05) is 13.1 Å². The molecule has 2 fully saturated rings. The number of carbonyl (C=O) groups excluding carboxylic acids is 1. The highest BCUT2D eigenvalue weighted by molar-refractivity contribution is 7.88. The molecule has 0 spiro atoms. The van der Waals surface area contributed by atoms with Crippen molar-refractivity contribution in [2.24, 2.45) is 5.92 Å². The normalized spacial score (nSPS) is 21.0. The summed E-state index contributed by atoms with van der Waals surface area (Å²) in [4.78, 5) is 32.9. The van der Waals surface area contributed by atoms with Gasteiger partial charge in [0.15, 0.2) is 0 Å². The largest absolute Gasteiger partial charge is 0.534 e. The number of imidazole rings is 1. The highest BCUT2D eigenvalue weighted by Gasteiger charge is 2.50. The van der Waals surface area contributed by atoms with Gasteiger partial charge in [0.25, 0.3) is 0 Å². The number of carboxylic acid groups (broad SMARTS) is 1. The minimum atomic E-state index is -5.78. The molecule has 6 rings (SSSR count). The van der Waals surface area contributed by atoms with E-state index in [0.717, 1.165) is 47.2 Å². The monoisotopic (exact) mass is 692 g/mol. The van der Waals surface area contributed by atoms with Crippen molar-refractivity contribution in [1.82, 2.24) is 20.2 Å². The van der Waals surface area contributed by atoms with E-state index in [1.807, 2.05) is 45.0 Å². The number of rotatable bonds is 7. The molecule has 4 unspecified atom stereocenters. The van der Waals surface area contributed by atoms with E-state index in [9.17, 15) is 31.2 Å². The number of nitrogens with one attached hydrogen (secondary N) is 2. The van der Waals surface area contributed by atoms with Crippen molar-refractivity contribution in [3.05, 3.63) is 59.5 Å². The van der Waals surface area contributed by atoms with Crippen LogP contribution in [0.1, 0.15) is 102 Å². The number of aromatic amines is 1. The van der Waals surface area contributed by atoms with Crippen LogP contribution in [0.3, 0.4) is 0 Å². The van der Waals surface area contributed by atoms with Gasteiger partial charge in [0.1, 0.15) is 18.1 Å². The Labute approximate surface area is 279 Å². The highest BCUT2D eigenvalue weighted by Crippen LogP contribution is 2.58. The Kier molecular flexibility index (Phi) is 11.5. The maximum absolute atomic E-state index is 13.0. The summed E-state index contributed by atoms with van der Waals surface area (Å²) in [6, 6.07) is 10.2. The minimum Gasteiger partial charge on any atom is -0.465 e. The Balaban J connectivity index is 0.000000986. The first-order chi connectivity index (χ1) is 22.7. The fourth-order valence-corrected chi connectivity index (χ4v) is 7.26. The summed E-state index contributed by atoms with van der Waals surface area (Å²) < 4.78 is 67.3. The van der Waals surface area contributed by atoms with Crippen molar-refractivity contribution in [3.63, 3.8) is 0 Å². The molecular formula is C34H43F3N4O6S. The molecule has 3 aromatic rings. The van der Waals surface area contributed by atoms with Crippen LogP contribution in [0.2, 0.25) is 0 Å². The summed E-state index contributed by atoms with van der Waals surface area (Å²) in [7, 11) is -5.78. The predicted octanol–water partition coefficient (Wildman–Crippen LogP) is 7.96. The molecule has 1 saturated carbocycles. The molecule has 2 aromatic carbocycles. The molecule has 2 heterocycles. The van der Waals surface area contributed by atoms with Crippen molar-refractivity contribution in [1.29, 1.82) is 0 Å². The highest BCUT2D eigenvalue weighted by atomic mass is 32.2. The number of aromatic nitrogens is 2. The Morgan fingerprint density at radius 3 is 2.23 bits per heavy atom. The SMILES string of the molecule is CC.CC1CC(c2ncc(-c3ccc(-c4ccc(OS(=O)(=O)C(F)(F)F)c5c4C4CCC5C4)cc3)[nH]2)N(C(=O)CNC(=O)O)C1.CCC. The molecule has 3 N–H and O–H groups in total. The number of benzene rings is 2. The second-order valence-corrected chi connectivity index (χ2v) is 13.7. The van der Waals surface area contributed by atoms with Crippen LogP contribution in [0, 0.1) is 5.92 Å². The number of likely N-dealkylation sites (tertiary alicyclic amines) is 1. The molecule has 48 heavy (non-hydrogen) atoms. The van der Waals surface area contributed by atoms with E-state index >= 15 is 0 Å². The maximum Gasteiger partial charge on any atom is 0.534 e. The smallest absolute Gasteiger partial charge is 0.465 e. The van der Waals surface area contributed by atoms with Crippen molar-refractivity contribution >= 4 is 22.1 Å². The third-order valence-electron chi connectivity index (χ3n) is 8.62. The number of nitrogens with zero attached hydrogens (tertiary/aromatic N) is 2. The zero-order valence-electron chi connectivity index (χ0n) is 27.7. The van der Waals surface area contributed by atoms with E-state index < -0.39 is 21.7 Å². The standard InChI is InChI=1S/C29H29F3N4O6S.C3H8.C2H6/c1-15-10-22(36(14-15)24(37)13-34-28(38)39)27-33-12-21(35-27)17-4-2-16(3-5-17)20-8-9-23(42-43(40,41)29(30,31)32)26-19-7-6-18(11-19)25(20)26;1-3-2;1-2/h2-5,8-9,12,15,18-19,22,34H,6-7,10-11,13-14H2,1H3,(H,33,35)(H,38,39);3H2,1-2H3;1-2H3. The van der Waals surface area contributed by atoms with E-state index in [0.29, 0.717) is 24.4 Å². The lowest BCUT2D eigenvalue weighted by Crippen LogP contribution is -2.39. The topological polar surface area (TPSA) is 142 Å². The number of amides is 2. The first-order valence-electron chi connectivity index (χ1n) is 16.3. The second kappa shape index (κ2) is 15.0. The fourth-order valence-electron chi connectivity index (χ4n) is 6.79. The molecule has 1 aromatic heterocycles. The third kappa shape index (κ3) is 7.63. The molecule has 1 aliphatic heterocycles. The lowest BCUT2D eigenvalue weighted by atomic mass is 9.85. The molecule has 14 heteroatoms. The van der Waals surface area contributed by atoms with Gasteiger partial charge in [-0.2, -0.15) is 21.6 Å². The Morgan fingerprint density at radius 1 is 1.02 bits per heavy atom. The number of H-pyrrole nitrogens is 1. The number of carbonyl (C=O) groups is 2. The quantitative estimate of drug-likeness (QED) is 0.169. The fraction of sp³-hybridized carbons (Fsp3) is 0.500. The van der Waals surface area contributed by atoms with Gasteiger partial charge >= 0.3 is 21.7 Å². The average molecular weight is 693 g/mol. The zero-order valence-corrected chi connectivity index (χ0v) is 28.5. The Bertz CT molecular complexity index is 1710. The molecule has 2 aliphatic carbocycles. The minimum absolute atomic E-state index is 0.0502. The molecule has 3 aliphatic rings. The van der Waals surface area contributed by atoms with Crippen LogP contribution in [0.25, 0.3) is 22.4 Å². The van der Waals surface area contributed by atoms with E-state index in [4.69, 9.17) is 5.11 Å². The van der Waals surface area contributed by atoms with Gasteiger partial charge in [-0.3, -0.25) is 4.79 Å². The molecule has 2 bridgehead atoms. The first kappa shape index (κ1) is 36.8. The average Bonchev–Trinajstić information content (AvgIpc) is 3.85. The maximum atomic E-state index is 13.0. The van der Waals surface area contributed by atoms with Crippen LogP contribution in [0.15, 0.2) is 42.6 Å². The first-order valence-corrected chi connectivity index (χ1v) is 17.7. The van der Waals surface area contributed by atoms with Crippen molar-refractivity contribution in [3.8, 4) is 28.1 Å². The van der Waals surface area contributed by atoms with Gasteiger partial charge in [0, 0.05) is 12.1 Å². The lowest BCUT2D eigenvalue weighted by Gasteiger charge is -2.23. The van der Waals surface area contributed by atoms with Gasteiger partial charge in [-0.05, 0) is 71.8 Å². The van der Waals surface area contributed by atoms with Gasteiger partial charge in [-0.15, -0.1) is 0 Å². The summed E-state index contributed by atoms with van der Waals surface area (Å²) in [5.41, 5.74) is -0.895. The van der Waals surface area contributed by atoms with Crippen LogP contribution in [-0.2, 0) is 14.9 Å².